The second-order valence-electron chi connectivity index (χ2n) is 2.99. The molecular formula is C9H9Cl2NO4. The standard InChI is InChI=1S/C9H9Cl2NO4/c10-4-7(13)5-16-9-2-1-6(12(14)15)3-8(9)11/h1-3,7,13H,4-5H2. The minimum Gasteiger partial charge on any atom is -0.489 e. The van der Waals surface area contributed by atoms with E-state index in [1.807, 2.05) is 0 Å². The van der Waals surface area contributed by atoms with Crippen molar-refractivity contribution in [3.8, 4) is 5.75 Å². The zero-order valence-corrected chi connectivity index (χ0v) is 9.61. The molecule has 1 unspecified atom stereocenters. The van der Waals surface area contributed by atoms with Crippen LogP contribution in [0, 0.1) is 10.1 Å². The molecule has 0 aromatic heterocycles. The van der Waals surface area contributed by atoms with Gasteiger partial charge >= 0.3 is 0 Å². The van der Waals surface area contributed by atoms with Crippen LogP contribution in [0.4, 0.5) is 5.69 Å². The lowest BCUT2D eigenvalue weighted by Crippen LogP contribution is -2.18. The van der Waals surface area contributed by atoms with Gasteiger partial charge in [0.2, 0.25) is 0 Å². The van der Waals surface area contributed by atoms with Gasteiger partial charge in [-0.15, -0.1) is 11.6 Å². The van der Waals surface area contributed by atoms with Gasteiger partial charge in [-0.25, -0.2) is 0 Å². The average Bonchev–Trinajstić information content (AvgIpc) is 2.26. The Morgan fingerprint density at radius 1 is 1.56 bits per heavy atom. The first-order valence-corrected chi connectivity index (χ1v) is 5.26. The van der Waals surface area contributed by atoms with Crippen LogP contribution in [0.5, 0.6) is 5.75 Å². The van der Waals surface area contributed by atoms with Gasteiger partial charge in [0, 0.05) is 12.1 Å². The van der Waals surface area contributed by atoms with E-state index in [0.29, 0.717) is 0 Å². The molecule has 7 heteroatoms. The Morgan fingerprint density at radius 2 is 2.25 bits per heavy atom. The second-order valence-corrected chi connectivity index (χ2v) is 3.71. The van der Waals surface area contributed by atoms with E-state index in [4.69, 9.17) is 33.0 Å². The summed E-state index contributed by atoms with van der Waals surface area (Å²) < 4.78 is 5.14. The first-order chi connectivity index (χ1) is 7.54. The van der Waals surface area contributed by atoms with Crippen LogP contribution in [-0.2, 0) is 0 Å². The number of ether oxygens (including phenoxy) is 1. The number of benzene rings is 1. The van der Waals surface area contributed by atoms with E-state index < -0.39 is 11.0 Å². The van der Waals surface area contributed by atoms with Crippen molar-refractivity contribution < 1.29 is 14.8 Å². The number of hydrogen-bond donors (Lipinski definition) is 1. The monoisotopic (exact) mass is 265 g/mol. The molecule has 1 atom stereocenters. The van der Waals surface area contributed by atoms with Crippen LogP contribution >= 0.6 is 23.2 Å². The molecule has 0 amide bonds. The molecule has 1 N–H and O–H groups in total. The summed E-state index contributed by atoms with van der Waals surface area (Å²) in [6.07, 6.45) is -0.798. The predicted octanol–water partition coefficient (Wildman–Crippen LogP) is 2.23. The molecule has 16 heavy (non-hydrogen) atoms. The van der Waals surface area contributed by atoms with Gasteiger partial charge in [0.1, 0.15) is 18.5 Å². The van der Waals surface area contributed by atoms with Crippen molar-refractivity contribution in [2.24, 2.45) is 0 Å². The van der Waals surface area contributed by atoms with Crippen molar-refractivity contribution in [3.63, 3.8) is 0 Å². The highest BCUT2D eigenvalue weighted by Gasteiger charge is 2.11. The molecule has 0 aliphatic rings. The van der Waals surface area contributed by atoms with Crippen molar-refractivity contribution in [1.29, 1.82) is 0 Å². The zero-order chi connectivity index (χ0) is 12.1. The van der Waals surface area contributed by atoms with Crippen molar-refractivity contribution >= 4 is 28.9 Å². The number of rotatable bonds is 5. The summed E-state index contributed by atoms with van der Waals surface area (Å²) in [7, 11) is 0. The van der Waals surface area contributed by atoms with E-state index in [0.717, 1.165) is 0 Å². The molecule has 0 saturated heterocycles. The number of alkyl halides is 1. The molecule has 0 spiro atoms. The maximum Gasteiger partial charge on any atom is 0.271 e. The second kappa shape index (κ2) is 5.89. The Labute approximate surface area is 102 Å². The number of nitro benzene ring substituents is 1. The zero-order valence-electron chi connectivity index (χ0n) is 8.10. The maximum atomic E-state index is 10.4. The lowest BCUT2D eigenvalue weighted by Gasteiger charge is -2.10. The number of aliphatic hydroxyl groups is 1. The minimum atomic E-state index is -0.798. The summed E-state index contributed by atoms with van der Waals surface area (Å²) in [6.45, 7) is -0.0129. The van der Waals surface area contributed by atoms with Gasteiger partial charge in [-0.3, -0.25) is 10.1 Å². The van der Waals surface area contributed by atoms with Crippen LogP contribution in [0.15, 0.2) is 18.2 Å². The van der Waals surface area contributed by atoms with Crippen molar-refractivity contribution in [2.45, 2.75) is 6.10 Å². The Bertz CT molecular complexity index is 386. The highest BCUT2D eigenvalue weighted by Crippen LogP contribution is 2.28. The van der Waals surface area contributed by atoms with E-state index in [-0.39, 0.29) is 28.9 Å². The molecule has 88 valence electrons. The summed E-state index contributed by atoms with van der Waals surface area (Å²) in [5, 5.41) is 19.7. The number of nitrogens with zero attached hydrogens (tertiary/aromatic N) is 1. The third-order valence-corrected chi connectivity index (χ3v) is 2.39. The molecule has 0 fully saturated rings. The number of non-ortho nitro benzene ring substituents is 1. The summed E-state index contributed by atoms with van der Waals surface area (Å²) in [5.74, 6) is 0.321. The van der Waals surface area contributed by atoms with Crippen molar-refractivity contribution in [1.82, 2.24) is 0 Å². The van der Waals surface area contributed by atoms with E-state index in [1.165, 1.54) is 18.2 Å². The molecule has 0 radical (unpaired) electrons. The van der Waals surface area contributed by atoms with Gasteiger partial charge in [0.05, 0.1) is 15.8 Å². The Hall–Kier alpha value is -1.04. The van der Waals surface area contributed by atoms with E-state index in [1.54, 1.807) is 0 Å². The number of hydrogen-bond acceptors (Lipinski definition) is 4. The smallest absolute Gasteiger partial charge is 0.271 e. The van der Waals surface area contributed by atoms with Crippen LogP contribution in [0.25, 0.3) is 0 Å². The van der Waals surface area contributed by atoms with Gasteiger partial charge in [0.25, 0.3) is 5.69 Å². The van der Waals surface area contributed by atoms with Crippen LogP contribution < -0.4 is 4.74 Å². The van der Waals surface area contributed by atoms with E-state index in [9.17, 15) is 10.1 Å². The summed E-state index contributed by atoms with van der Waals surface area (Å²) >= 11 is 11.1. The predicted molar refractivity (Wildman–Crippen MR) is 60.3 cm³/mol. The molecular weight excluding hydrogens is 257 g/mol. The normalized spacial score (nSPS) is 12.2. The third kappa shape index (κ3) is 3.52. The number of halogens is 2. The van der Waals surface area contributed by atoms with Gasteiger partial charge in [-0.2, -0.15) is 0 Å². The van der Waals surface area contributed by atoms with Crippen molar-refractivity contribution in [2.75, 3.05) is 12.5 Å². The van der Waals surface area contributed by atoms with Crippen molar-refractivity contribution in [3.05, 3.63) is 33.3 Å². The largest absolute Gasteiger partial charge is 0.489 e. The summed E-state index contributed by atoms with van der Waals surface area (Å²) in [5.41, 5.74) is -0.116. The Balaban J connectivity index is 2.72. The number of nitro groups is 1. The fourth-order valence-corrected chi connectivity index (χ4v) is 1.27. The molecule has 5 nitrogen and oxygen atoms in total. The fraction of sp³-hybridized carbons (Fsp3) is 0.333. The number of aliphatic hydroxyl groups excluding tert-OH is 1. The lowest BCUT2D eigenvalue weighted by atomic mass is 10.3. The summed E-state index contributed by atoms with van der Waals surface area (Å²) in [6, 6.07) is 3.83. The Morgan fingerprint density at radius 3 is 2.75 bits per heavy atom. The van der Waals surface area contributed by atoms with Crippen LogP contribution in [0.2, 0.25) is 5.02 Å². The summed E-state index contributed by atoms with van der Waals surface area (Å²) in [4.78, 5) is 9.87. The third-order valence-electron chi connectivity index (χ3n) is 1.74. The first kappa shape index (κ1) is 13.0. The quantitative estimate of drug-likeness (QED) is 0.504. The molecule has 1 rings (SSSR count). The minimum absolute atomic E-state index is 0.0129. The topological polar surface area (TPSA) is 72.6 Å². The van der Waals surface area contributed by atoms with Gasteiger partial charge in [-0.05, 0) is 6.07 Å². The highest BCUT2D eigenvalue weighted by atomic mass is 35.5. The van der Waals surface area contributed by atoms with Crippen LogP contribution in [0.3, 0.4) is 0 Å². The van der Waals surface area contributed by atoms with Gasteiger partial charge in [-0.1, -0.05) is 11.6 Å². The molecule has 0 bridgehead atoms. The fourth-order valence-electron chi connectivity index (χ4n) is 0.951. The average molecular weight is 266 g/mol. The molecule has 1 aromatic carbocycles. The van der Waals surface area contributed by atoms with Crippen LogP contribution in [-0.4, -0.2) is 28.6 Å². The van der Waals surface area contributed by atoms with Gasteiger partial charge < -0.3 is 9.84 Å². The Kier molecular flexibility index (Phi) is 4.79. The SMILES string of the molecule is O=[N+]([O-])c1ccc(OCC(O)CCl)c(Cl)c1. The van der Waals surface area contributed by atoms with E-state index in [2.05, 4.69) is 0 Å². The molecule has 0 saturated carbocycles. The maximum absolute atomic E-state index is 10.4. The molecule has 0 aliphatic heterocycles. The molecule has 1 aromatic rings. The van der Waals surface area contributed by atoms with Gasteiger partial charge in [0.15, 0.2) is 0 Å². The van der Waals surface area contributed by atoms with Crippen LogP contribution in [0.1, 0.15) is 0 Å². The molecule has 0 aliphatic carbocycles. The highest BCUT2D eigenvalue weighted by molar-refractivity contribution is 6.32. The van der Waals surface area contributed by atoms with E-state index >= 15 is 0 Å². The first-order valence-electron chi connectivity index (χ1n) is 4.35. The lowest BCUT2D eigenvalue weighted by molar-refractivity contribution is -0.384. The molecule has 0 heterocycles.